The monoisotopic (exact) mass is 197 g/mol. The van der Waals surface area contributed by atoms with Crippen molar-refractivity contribution in [1.29, 1.82) is 5.26 Å². The van der Waals surface area contributed by atoms with Gasteiger partial charge in [-0.15, -0.1) is 6.58 Å². The molecule has 1 aliphatic heterocycles. The van der Waals surface area contributed by atoms with E-state index in [1.165, 1.54) is 0 Å². The molecule has 0 spiro atoms. The molecule has 1 saturated heterocycles. The Morgan fingerprint density at radius 3 is 2.79 bits per heavy atom. The van der Waals surface area contributed by atoms with E-state index in [0.717, 1.165) is 0 Å². The van der Waals surface area contributed by atoms with Gasteiger partial charge < -0.3 is 14.6 Å². The van der Waals surface area contributed by atoms with E-state index in [2.05, 4.69) is 6.58 Å². The maximum atomic E-state index is 9.61. The van der Waals surface area contributed by atoms with Crippen LogP contribution in [0.15, 0.2) is 12.7 Å². The van der Waals surface area contributed by atoms with Crippen LogP contribution in [0.5, 0.6) is 0 Å². The summed E-state index contributed by atoms with van der Waals surface area (Å²) in [6.07, 6.45) is -0.0608. The normalized spacial score (nSPS) is 32.1. The predicted molar refractivity (Wildman–Crippen MR) is 50.3 cm³/mol. The van der Waals surface area contributed by atoms with Gasteiger partial charge in [-0.25, -0.2) is 0 Å². The molecule has 0 unspecified atom stereocenters. The van der Waals surface area contributed by atoms with Crippen LogP contribution in [-0.4, -0.2) is 29.2 Å². The molecule has 1 N–H and O–H groups in total. The molecule has 14 heavy (non-hydrogen) atoms. The maximum Gasteiger partial charge on any atom is 0.164 e. The van der Waals surface area contributed by atoms with Crippen molar-refractivity contribution in [2.45, 2.75) is 44.4 Å². The van der Waals surface area contributed by atoms with E-state index in [9.17, 15) is 5.11 Å². The lowest BCUT2D eigenvalue weighted by atomic mass is 10.1. The van der Waals surface area contributed by atoms with Crippen LogP contribution in [0, 0.1) is 11.3 Å². The molecule has 0 aromatic carbocycles. The first kappa shape index (κ1) is 11.2. The Balaban J connectivity index is 2.69. The Morgan fingerprint density at radius 1 is 1.64 bits per heavy atom. The third kappa shape index (κ3) is 2.32. The molecule has 0 aliphatic carbocycles. The van der Waals surface area contributed by atoms with E-state index < -0.39 is 18.0 Å². The lowest BCUT2D eigenvalue weighted by molar-refractivity contribution is -0.153. The third-order valence-corrected chi connectivity index (χ3v) is 2.08. The van der Waals surface area contributed by atoms with Crippen LogP contribution in [0.1, 0.15) is 20.3 Å². The first-order valence-electron chi connectivity index (χ1n) is 4.53. The molecule has 3 atom stereocenters. The van der Waals surface area contributed by atoms with E-state index in [4.69, 9.17) is 14.7 Å². The highest BCUT2D eigenvalue weighted by Crippen LogP contribution is 2.31. The first-order chi connectivity index (χ1) is 6.50. The smallest absolute Gasteiger partial charge is 0.164 e. The van der Waals surface area contributed by atoms with E-state index in [1.54, 1.807) is 19.9 Å². The highest BCUT2D eigenvalue weighted by atomic mass is 16.8. The topological polar surface area (TPSA) is 62.5 Å². The lowest BCUT2D eigenvalue weighted by Crippen LogP contribution is -2.34. The van der Waals surface area contributed by atoms with Crippen LogP contribution < -0.4 is 0 Å². The average Bonchev–Trinajstić information content (AvgIpc) is 2.41. The Hall–Kier alpha value is -0.890. The summed E-state index contributed by atoms with van der Waals surface area (Å²) in [6, 6.07) is 1.90. The molecule has 1 heterocycles. The molecule has 0 aromatic rings. The van der Waals surface area contributed by atoms with Crippen LogP contribution >= 0.6 is 0 Å². The molecule has 0 aromatic heterocycles. The van der Waals surface area contributed by atoms with Gasteiger partial charge in [-0.3, -0.25) is 0 Å². The number of hydrogen-bond donors (Lipinski definition) is 1. The van der Waals surface area contributed by atoms with Gasteiger partial charge in [-0.2, -0.15) is 5.26 Å². The molecule has 1 rings (SSSR count). The molecular weight excluding hydrogens is 182 g/mol. The minimum Gasteiger partial charge on any atom is -0.389 e. The van der Waals surface area contributed by atoms with Gasteiger partial charge in [-0.1, -0.05) is 6.08 Å². The van der Waals surface area contributed by atoms with Crippen LogP contribution in [0.25, 0.3) is 0 Å². The molecular formula is C10H15NO3. The summed E-state index contributed by atoms with van der Waals surface area (Å²) in [4.78, 5) is 0. The fourth-order valence-corrected chi connectivity index (χ4v) is 1.51. The predicted octanol–water partition coefficient (Wildman–Crippen LogP) is 0.967. The number of nitriles is 1. The van der Waals surface area contributed by atoms with Crippen molar-refractivity contribution in [2.75, 3.05) is 0 Å². The van der Waals surface area contributed by atoms with Crippen molar-refractivity contribution in [3.8, 4) is 6.07 Å². The highest BCUT2D eigenvalue weighted by Gasteiger charge is 2.43. The maximum absolute atomic E-state index is 9.61. The SMILES string of the molecule is C=C[C@H]1OC(C)(C)O[C@@H]1[C@H](O)CC#N. The second kappa shape index (κ2) is 4.09. The number of hydrogen-bond acceptors (Lipinski definition) is 4. The quantitative estimate of drug-likeness (QED) is 0.685. The molecule has 0 bridgehead atoms. The fraction of sp³-hybridized carbons (Fsp3) is 0.700. The van der Waals surface area contributed by atoms with Gasteiger partial charge in [0.15, 0.2) is 5.79 Å². The Morgan fingerprint density at radius 2 is 2.29 bits per heavy atom. The summed E-state index contributed by atoms with van der Waals surface area (Å²) < 4.78 is 10.9. The molecule has 0 radical (unpaired) electrons. The molecule has 4 heteroatoms. The van der Waals surface area contributed by atoms with Crippen molar-refractivity contribution in [1.82, 2.24) is 0 Å². The second-order valence-corrected chi connectivity index (χ2v) is 3.73. The number of rotatable bonds is 3. The largest absolute Gasteiger partial charge is 0.389 e. The van der Waals surface area contributed by atoms with Gasteiger partial charge in [0.25, 0.3) is 0 Å². The second-order valence-electron chi connectivity index (χ2n) is 3.73. The number of aliphatic hydroxyl groups is 1. The van der Waals surface area contributed by atoms with Crippen molar-refractivity contribution in [2.24, 2.45) is 0 Å². The standard InChI is InChI=1S/C10H15NO3/c1-4-8-9(7(12)5-6-11)14-10(2,3)13-8/h4,7-9,12H,1,5H2,2-3H3/t7-,8-,9-/m1/s1. The van der Waals surface area contributed by atoms with Crippen molar-refractivity contribution in [3.05, 3.63) is 12.7 Å². The zero-order valence-corrected chi connectivity index (χ0v) is 8.43. The number of ether oxygens (including phenoxy) is 2. The van der Waals surface area contributed by atoms with Crippen LogP contribution in [0.2, 0.25) is 0 Å². The Bertz CT molecular complexity index is 257. The first-order valence-corrected chi connectivity index (χ1v) is 4.53. The Kier molecular flexibility index (Phi) is 3.27. The summed E-state index contributed by atoms with van der Waals surface area (Å²) in [7, 11) is 0. The van der Waals surface area contributed by atoms with Gasteiger partial charge in [0.1, 0.15) is 12.2 Å². The Labute approximate surface area is 83.7 Å². The highest BCUT2D eigenvalue weighted by molar-refractivity contribution is 4.98. The van der Waals surface area contributed by atoms with Crippen molar-refractivity contribution < 1.29 is 14.6 Å². The molecule has 0 amide bonds. The fourth-order valence-electron chi connectivity index (χ4n) is 1.51. The van der Waals surface area contributed by atoms with Gasteiger partial charge in [0.05, 0.1) is 18.6 Å². The van der Waals surface area contributed by atoms with E-state index in [1.807, 2.05) is 6.07 Å². The molecule has 1 fully saturated rings. The van der Waals surface area contributed by atoms with Crippen LogP contribution in [0.3, 0.4) is 0 Å². The van der Waals surface area contributed by atoms with Gasteiger partial charge in [0.2, 0.25) is 0 Å². The van der Waals surface area contributed by atoms with Gasteiger partial charge in [-0.05, 0) is 13.8 Å². The number of aliphatic hydroxyl groups excluding tert-OH is 1. The third-order valence-electron chi connectivity index (χ3n) is 2.08. The van der Waals surface area contributed by atoms with Gasteiger partial charge >= 0.3 is 0 Å². The minimum atomic E-state index is -0.829. The van der Waals surface area contributed by atoms with E-state index in [0.29, 0.717) is 0 Å². The zero-order valence-electron chi connectivity index (χ0n) is 8.43. The summed E-state index contributed by atoms with van der Waals surface area (Å²) in [5.74, 6) is -0.722. The average molecular weight is 197 g/mol. The van der Waals surface area contributed by atoms with E-state index >= 15 is 0 Å². The molecule has 78 valence electrons. The molecule has 1 aliphatic rings. The molecule has 0 saturated carbocycles. The van der Waals surface area contributed by atoms with Crippen molar-refractivity contribution >= 4 is 0 Å². The summed E-state index contributed by atoms with van der Waals surface area (Å²) in [5, 5.41) is 18.1. The summed E-state index contributed by atoms with van der Waals surface area (Å²) in [6.45, 7) is 7.13. The summed E-state index contributed by atoms with van der Waals surface area (Å²) in [5.41, 5.74) is 0. The van der Waals surface area contributed by atoms with Crippen LogP contribution in [-0.2, 0) is 9.47 Å². The van der Waals surface area contributed by atoms with Crippen LogP contribution in [0.4, 0.5) is 0 Å². The van der Waals surface area contributed by atoms with E-state index in [-0.39, 0.29) is 12.5 Å². The zero-order chi connectivity index (χ0) is 10.8. The van der Waals surface area contributed by atoms with Crippen molar-refractivity contribution in [3.63, 3.8) is 0 Å². The number of nitrogens with zero attached hydrogens (tertiary/aromatic N) is 1. The van der Waals surface area contributed by atoms with Gasteiger partial charge in [0, 0.05) is 0 Å². The minimum absolute atomic E-state index is 0.0362. The summed E-state index contributed by atoms with van der Waals surface area (Å²) >= 11 is 0. The lowest BCUT2D eigenvalue weighted by Gasteiger charge is -2.19. The molecule has 4 nitrogen and oxygen atoms in total.